The van der Waals surface area contributed by atoms with E-state index in [0.29, 0.717) is 28.1 Å². The van der Waals surface area contributed by atoms with Crippen LogP contribution in [0.1, 0.15) is 31.1 Å². The molecule has 0 aliphatic rings. The Hall–Kier alpha value is -3.23. The Morgan fingerprint density at radius 1 is 1.00 bits per heavy atom. The second-order valence-corrected chi connectivity index (χ2v) is 9.65. The second kappa shape index (κ2) is 8.87. The minimum absolute atomic E-state index is 0.124. The van der Waals surface area contributed by atoms with Gasteiger partial charge < -0.3 is 10.1 Å². The van der Waals surface area contributed by atoms with Crippen LogP contribution in [0, 0.1) is 0 Å². The monoisotopic (exact) mass is 439 g/mol. The van der Waals surface area contributed by atoms with Crippen molar-refractivity contribution in [1.82, 2.24) is 9.71 Å². The van der Waals surface area contributed by atoms with Crippen LogP contribution in [-0.4, -0.2) is 32.0 Å². The predicted octanol–water partition coefficient (Wildman–Crippen LogP) is 4.09. The van der Waals surface area contributed by atoms with Crippen LogP contribution in [0.4, 0.5) is 5.69 Å². The summed E-state index contributed by atoms with van der Waals surface area (Å²) in [4.78, 5) is 17.0. The number of rotatable bonds is 6. The van der Waals surface area contributed by atoms with E-state index in [2.05, 4.69) is 15.0 Å². The van der Waals surface area contributed by atoms with Crippen molar-refractivity contribution in [2.75, 3.05) is 12.4 Å². The fourth-order valence-electron chi connectivity index (χ4n) is 2.99. The summed E-state index contributed by atoms with van der Waals surface area (Å²) in [6.45, 7) is 5.33. The van der Waals surface area contributed by atoms with Gasteiger partial charge in [0.25, 0.3) is 5.91 Å². The summed E-state index contributed by atoms with van der Waals surface area (Å²) in [6, 6.07) is 15.2. The first-order valence-electron chi connectivity index (χ1n) is 9.63. The van der Waals surface area contributed by atoms with Gasteiger partial charge in [-0.3, -0.25) is 9.78 Å². The van der Waals surface area contributed by atoms with E-state index in [1.54, 1.807) is 76.4 Å². The Balaban J connectivity index is 1.92. The van der Waals surface area contributed by atoms with E-state index in [0.717, 1.165) is 0 Å². The fraction of sp³-hybridized carbons (Fsp3) is 0.217. The SMILES string of the molecule is COc1ccc(NC(=O)c2cncc(-c3ccccc3S(=O)(=O)NC(C)(C)C)c2)cc1. The third-order valence-electron chi connectivity index (χ3n) is 4.28. The van der Waals surface area contributed by atoms with Crippen LogP contribution >= 0.6 is 0 Å². The number of carbonyl (C=O) groups is 1. The van der Waals surface area contributed by atoms with Crippen LogP contribution in [0.2, 0.25) is 0 Å². The Morgan fingerprint density at radius 3 is 2.32 bits per heavy atom. The maximum absolute atomic E-state index is 12.9. The molecule has 7 nitrogen and oxygen atoms in total. The average molecular weight is 440 g/mol. The molecule has 1 heterocycles. The van der Waals surface area contributed by atoms with Crippen LogP contribution in [-0.2, 0) is 10.0 Å². The lowest BCUT2D eigenvalue weighted by Gasteiger charge is -2.21. The van der Waals surface area contributed by atoms with Gasteiger partial charge in [0, 0.05) is 34.7 Å². The van der Waals surface area contributed by atoms with E-state index in [9.17, 15) is 13.2 Å². The average Bonchev–Trinajstić information content (AvgIpc) is 2.73. The lowest BCUT2D eigenvalue weighted by atomic mass is 10.1. The summed E-state index contributed by atoms with van der Waals surface area (Å²) < 4.78 is 33.6. The number of amides is 1. The Morgan fingerprint density at radius 2 is 1.68 bits per heavy atom. The van der Waals surface area contributed by atoms with Crippen LogP contribution in [0.3, 0.4) is 0 Å². The fourth-order valence-corrected chi connectivity index (χ4v) is 4.64. The number of anilines is 1. The summed E-state index contributed by atoms with van der Waals surface area (Å²) >= 11 is 0. The van der Waals surface area contributed by atoms with Gasteiger partial charge in [-0.15, -0.1) is 0 Å². The highest BCUT2D eigenvalue weighted by Crippen LogP contribution is 2.28. The molecule has 0 saturated heterocycles. The number of methoxy groups -OCH3 is 1. The number of nitrogens with one attached hydrogen (secondary N) is 2. The number of ether oxygens (including phenoxy) is 1. The Bertz CT molecular complexity index is 1180. The molecule has 1 aromatic heterocycles. The minimum atomic E-state index is -3.78. The summed E-state index contributed by atoms with van der Waals surface area (Å²) in [5, 5.41) is 2.80. The molecule has 162 valence electrons. The molecule has 0 spiro atoms. The molecule has 2 aromatic carbocycles. The van der Waals surface area contributed by atoms with Gasteiger partial charge in [0.15, 0.2) is 0 Å². The first-order valence-corrected chi connectivity index (χ1v) is 11.1. The molecule has 0 aliphatic carbocycles. The van der Waals surface area contributed by atoms with Crippen molar-refractivity contribution < 1.29 is 17.9 Å². The molecular weight excluding hydrogens is 414 g/mol. The molecule has 8 heteroatoms. The van der Waals surface area contributed by atoms with Crippen molar-refractivity contribution in [2.24, 2.45) is 0 Å². The molecule has 0 atom stereocenters. The summed E-state index contributed by atoms with van der Waals surface area (Å²) in [6.07, 6.45) is 2.97. The zero-order valence-electron chi connectivity index (χ0n) is 17.8. The van der Waals surface area contributed by atoms with Crippen molar-refractivity contribution in [3.63, 3.8) is 0 Å². The Kier molecular flexibility index (Phi) is 6.42. The molecule has 3 rings (SSSR count). The summed E-state index contributed by atoms with van der Waals surface area (Å²) in [5.74, 6) is 0.330. The van der Waals surface area contributed by atoms with E-state index in [4.69, 9.17) is 4.74 Å². The first-order chi connectivity index (χ1) is 14.6. The predicted molar refractivity (Wildman–Crippen MR) is 121 cm³/mol. The molecule has 2 N–H and O–H groups in total. The third kappa shape index (κ3) is 5.68. The lowest BCUT2D eigenvalue weighted by Crippen LogP contribution is -2.40. The maximum atomic E-state index is 12.9. The van der Waals surface area contributed by atoms with Crippen molar-refractivity contribution >= 4 is 21.6 Å². The first kappa shape index (κ1) is 22.5. The van der Waals surface area contributed by atoms with Gasteiger partial charge in [-0.1, -0.05) is 18.2 Å². The van der Waals surface area contributed by atoms with Gasteiger partial charge in [-0.2, -0.15) is 0 Å². The molecule has 0 fully saturated rings. The highest BCUT2D eigenvalue weighted by molar-refractivity contribution is 7.89. The minimum Gasteiger partial charge on any atom is -0.497 e. The van der Waals surface area contributed by atoms with Gasteiger partial charge in [-0.05, 0) is 57.2 Å². The number of aromatic nitrogens is 1. The zero-order chi connectivity index (χ0) is 22.6. The molecule has 0 radical (unpaired) electrons. The van der Waals surface area contributed by atoms with Crippen molar-refractivity contribution in [1.29, 1.82) is 0 Å². The summed E-state index contributed by atoms with van der Waals surface area (Å²) in [5.41, 5.74) is 1.27. The van der Waals surface area contributed by atoms with Crippen molar-refractivity contribution in [3.05, 3.63) is 72.6 Å². The molecule has 0 bridgehead atoms. The van der Waals surface area contributed by atoms with Crippen LogP contribution in [0.15, 0.2) is 71.9 Å². The zero-order valence-corrected chi connectivity index (χ0v) is 18.7. The van der Waals surface area contributed by atoms with Crippen molar-refractivity contribution in [2.45, 2.75) is 31.2 Å². The maximum Gasteiger partial charge on any atom is 0.257 e. The molecule has 3 aromatic rings. The van der Waals surface area contributed by atoms with E-state index >= 15 is 0 Å². The number of sulfonamides is 1. The molecular formula is C23H25N3O4S. The van der Waals surface area contributed by atoms with E-state index in [1.165, 1.54) is 18.5 Å². The number of pyridine rings is 1. The molecule has 31 heavy (non-hydrogen) atoms. The second-order valence-electron chi connectivity index (χ2n) is 8.00. The van der Waals surface area contributed by atoms with Gasteiger partial charge in [0.2, 0.25) is 10.0 Å². The smallest absolute Gasteiger partial charge is 0.257 e. The summed E-state index contributed by atoms with van der Waals surface area (Å²) in [7, 11) is -2.21. The van der Waals surface area contributed by atoms with E-state index in [1.807, 2.05) is 0 Å². The number of benzene rings is 2. The standard InChI is InChI=1S/C23H25N3O4S/c1-23(2,3)26-31(28,29)21-8-6-5-7-20(21)16-13-17(15-24-14-16)22(27)25-18-9-11-19(30-4)12-10-18/h5-15,26H,1-4H3,(H,25,27). The molecule has 0 aliphatic heterocycles. The third-order valence-corrected chi connectivity index (χ3v) is 6.09. The van der Waals surface area contributed by atoms with Crippen LogP contribution in [0.5, 0.6) is 5.75 Å². The number of nitrogens with zero attached hydrogens (tertiary/aromatic N) is 1. The molecule has 0 saturated carbocycles. The van der Waals surface area contributed by atoms with Gasteiger partial charge in [0.1, 0.15) is 5.75 Å². The topological polar surface area (TPSA) is 97.4 Å². The number of hydrogen-bond donors (Lipinski definition) is 2. The lowest BCUT2D eigenvalue weighted by molar-refractivity contribution is 0.102. The quantitative estimate of drug-likeness (QED) is 0.603. The Labute approximate surface area is 182 Å². The van der Waals surface area contributed by atoms with Crippen LogP contribution < -0.4 is 14.8 Å². The largest absolute Gasteiger partial charge is 0.497 e. The molecule has 1 amide bonds. The number of hydrogen-bond acceptors (Lipinski definition) is 5. The van der Waals surface area contributed by atoms with Crippen LogP contribution in [0.25, 0.3) is 11.1 Å². The highest BCUT2D eigenvalue weighted by Gasteiger charge is 2.25. The van der Waals surface area contributed by atoms with Gasteiger partial charge >= 0.3 is 0 Å². The van der Waals surface area contributed by atoms with Gasteiger partial charge in [-0.25, -0.2) is 13.1 Å². The van der Waals surface area contributed by atoms with E-state index < -0.39 is 15.6 Å². The molecule has 0 unspecified atom stereocenters. The van der Waals surface area contributed by atoms with Gasteiger partial charge in [0.05, 0.1) is 17.6 Å². The van der Waals surface area contributed by atoms with Crippen molar-refractivity contribution in [3.8, 4) is 16.9 Å². The highest BCUT2D eigenvalue weighted by atomic mass is 32.2. The number of carbonyl (C=O) groups excluding carboxylic acids is 1. The van der Waals surface area contributed by atoms with E-state index in [-0.39, 0.29) is 10.8 Å². The normalized spacial score (nSPS) is 11.7.